The number of hydrogen-bond donors (Lipinski definition) is 0. The fourth-order valence-electron chi connectivity index (χ4n) is 6.01. The molecule has 13 nitrogen and oxygen atoms in total. The molecule has 0 unspecified atom stereocenters. The Morgan fingerprint density at radius 2 is 1.84 bits per heavy atom. The maximum absolute atomic E-state index is 15.7. The van der Waals surface area contributed by atoms with Crippen LogP contribution in [0, 0.1) is 11.7 Å². The first-order valence-electron chi connectivity index (χ1n) is 16.8. The predicted molar refractivity (Wildman–Crippen MR) is 186 cm³/mol. The first-order chi connectivity index (χ1) is 23.1. The number of urea groups is 1. The van der Waals surface area contributed by atoms with Crippen molar-refractivity contribution in [1.29, 1.82) is 0 Å². The van der Waals surface area contributed by atoms with Gasteiger partial charge in [-0.1, -0.05) is 39.6 Å². The van der Waals surface area contributed by atoms with Gasteiger partial charge in [0.2, 0.25) is 0 Å². The molecule has 262 valence electrons. The molecular formula is C34H46FN9O4Si. The Morgan fingerprint density at radius 1 is 1.08 bits per heavy atom. The summed E-state index contributed by atoms with van der Waals surface area (Å²) in [4.78, 5) is 40.8. The number of carbonyl (C=O) groups excluding carboxylic acids is 2. The van der Waals surface area contributed by atoms with Crippen molar-refractivity contribution in [1.82, 2.24) is 39.2 Å². The number of likely N-dealkylation sites (tertiary alicyclic amines) is 1. The average Bonchev–Trinajstić information content (AvgIpc) is 3.70. The van der Waals surface area contributed by atoms with Crippen LogP contribution in [0.1, 0.15) is 34.6 Å². The van der Waals surface area contributed by atoms with Gasteiger partial charge in [-0.2, -0.15) is 10.2 Å². The minimum atomic E-state index is -1.24. The molecule has 5 heterocycles. The number of aromatic nitrogens is 6. The minimum Gasteiger partial charge on any atom is -0.444 e. The summed E-state index contributed by atoms with van der Waals surface area (Å²) in [5.74, 6) is 0.557. The summed E-state index contributed by atoms with van der Waals surface area (Å²) in [6, 6.07) is 7.33. The molecular weight excluding hydrogens is 646 g/mol. The van der Waals surface area contributed by atoms with Gasteiger partial charge in [-0.3, -0.25) is 4.90 Å². The molecule has 6 rings (SSSR count). The number of amides is 3. The SMILES string of the molecule is CC(C)[C@H]1CN(C2CN(C(=O)OC(C)(C)C)C2)C(=O)N1c1ccn2ncc(-c3ccc(-c4ncnn4COCC[Si](C)(C)C)c(F)c3)c2n1. The second kappa shape index (κ2) is 13.2. The number of anilines is 1. The standard InChI is InChI=1S/C34H46FN9O4Si/c1-22(2)28-19-41(24-17-40(18-24)33(46)48-34(3,4)5)32(45)44(28)29-11-12-42-31(39-29)26(16-37-42)23-9-10-25(27(35)15-23)30-36-20-38-43(30)21-47-13-14-49(6,7)8/h9-12,15-16,20,22,24,28H,13-14,17-19,21H2,1-8H3/t28-/m1/s1. The molecule has 2 aliphatic rings. The second-order valence-corrected chi connectivity index (χ2v) is 21.0. The van der Waals surface area contributed by atoms with Gasteiger partial charge in [0, 0.05) is 46.1 Å². The van der Waals surface area contributed by atoms with Crippen molar-refractivity contribution < 1.29 is 23.5 Å². The first-order valence-corrected chi connectivity index (χ1v) is 20.5. The molecule has 15 heteroatoms. The van der Waals surface area contributed by atoms with Gasteiger partial charge in [0.05, 0.1) is 23.8 Å². The Bertz CT molecular complexity index is 1840. The van der Waals surface area contributed by atoms with Crippen molar-refractivity contribution >= 4 is 31.7 Å². The van der Waals surface area contributed by atoms with E-state index in [-0.39, 0.29) is 36.9 Å². The van der Waals surface area contributed by atoms with Crippen LogP contribution in [0.2, 0.25) is 25.7 Å². The monoisotopic (exact) mass is 691 g/mol. The van der Waals surface area contributed by atoms with E-state index < -0.39 is 19.5 Å². The van der Waals surface area contributed by atoms with E-state index in [2.05, 4.69) is 48.7 Å². The van der Waals surface area contributed by atoms with Crippen LogP contribution in [-0.4, -0.2) is 103 Å². The Morgan fingerprint density at radius 3 is 2.51 bits per heavy atom. The number of carbonyl (C=O) groups is 2. The second-order valence-electron chi connectivity index (χ2n) is 15.4. The van der Waals surface area contributed by atoms with Gasteiger partial charge in [0.25, 0.3) is 0 Å². The van der Waals surface area contributed by atoms with Crippen LogP contribution in [0.25, 0.3) is 28.2 Å². The van der Waals surface area contributed by atoms with Crippen LogP contribution in [0.3, 0.4) is 0 Å². The molecule has 0 bridgehead atoms. The molecule has 3 aromatic heterocycles. The Hall–Kier alpha value is -4.37. The van der Waals surface area contributed by atoms with Crippen molar-refractivity contribution in [3.8, 4) is 22.5 Å². The van der Waals surface area contributed by atoms with Crippen LogP contribution >= 0.6 is 0 Å². The molecule has 2 fully saturated rings. The van der Waals surface area contributed by atoms with Gasteiger partial charge >= 0.3 is 12.1 Å². The van der Waals surface area contributed by atoms with Crippen LogP contribution in [0.4, 0.5) is 19.8 Å². The first kappa shape index (κ1) is 34.5. The van der Waals surface area contributed by atoms with Crippen molar-refractivity contribution in [2.24, 2.45) is 5.92 Å². The zero-order valence-corrected chi connectivity index (χ0v) is 30.6. The summed E-state index contributed by atoms with van der Waals surface area (Å²) in [6.07, 6.45) is 4.43. The normalized spacial score (nSPS) is 17.5. The van der Waals surface area contributed by atoms with Crippen LogP contribution in [0.15, 0.2) is 43.0 Å². The molecule has 0 N–H and O–H groups in total. The van der Waals surface area contributed by atoms with Gasteiger partial charge in [0.1, 0.15) is 30.3 Å². The molecule has 2 aliphatic heterocycles. The topological polar surface area (TPSA) is 123 Å². The average molecular weight is 692 g/mol. The number of fused-ring (bicyclic) bond motifs is 1. The lowest BCUT2D eigenvalue weighted by Crippen LogP contribution is -2.62. The predicted octanol–water partition coefficient (Wildman–Crippen LogP) is 5.99. The van der Waals surface area contributed by atoms with Gasteiger partial charge < -0.3 is 19.3 Å². The fourth-order valence-corrected chi connectivity index (χ4v) is 6.77. The molecule has 2 saturated heterocycles. The van der Waals surface area contributed by atoms with E-state index in [9.17, 15) is 9.59 Å². The Balaban J connectivity index is 1.21. The summed E-state index contributed by atoms with van der Waals surface area (Å²) in [6.45, 7) is 18.7. The van der Waals surface area contributed by atoms with E-state index in [0.717, 1.165) is 6.04 Å². The zero-order valence-electron chi connectivity index (χ0n) is 29.6. The zero-order chi connectivity index (χ0) is 35.2. The van der Waals surface area contributed by atoms with Gasteiger partial charge in [-0.05, 0) is 56.5 Å². The molecule has 0 spiro atoms. The Labute approximate surface area is 287 Å². The summed E-state index contributed by atoms with van der Waals surface area (Å²) in [5.41, 5.74) is 1.43. The van der Waals surface area contributed by atoms with Gasteiger partial charge in [0.15, 0.2) is 11.5 Å². The highest BCUT2D eigenvalue weighted by Crippen LogP contribution is 2.34. The van der Waals surface area contributed by atoms with Crippen LogP contribution in [-0.2, 0) is 16.2 Å². The third kappa shape index (κ3) is 7.32. The molecule has 3 amide bonds. The maximum Gasteiger partial charge on any atom is 0.410 e. The lowest BCUT2D eigenvalue weighted by atomic mass is 10.0. The highest BCUT2D eigenvalue weighted by molar-refractivity contribution is 6.76. The number of rotatable bonds is 10. The van der Waals surface area contributed by atoms with Gasteiger partial charge in [-0.15, -0.1) is 0 Å². The van der Waals surface area contributed by atoms with Gasteiger partial charge in [-0.25, -0.2) is 33.1 Å². The molecule has 1 aromatic carbocycles. The Kier molecular flexibility index (Phi) is 9.26. The number of benzene rings is 1. The number of halogens is 1. The van der Waals surface area contributed by atoms with E-state index in [1.54, 1.807) is 43.5 Å². The molecule has 49 heavy (non-hydrogen) atoms. The molecule has 0 saturated carbocycles. The number of nitrogens with zero attached hydrogens (tertiary/aromatic N) is 9. The van der Waals surface area contributed by atoms with E-state index in [0.29, 0.717) is 60.2 Å². The molecule has 4 aromatic rings. The lowest BCUT2D eigenvalue weighted by Gasteiger charge is -2.43. The van der Waals surface area contributed by atoms with Crippen molar-refractivity contribution in [3.63, 3.8) is 0 Å². The quantitative estimate of drug-likeness (QED) is 0.147. The maximum atomic E-state index is 15.7. The third-order valence-electron chi connectivity index (χ3n) is 8.84. The summed E-state index contributed by atoms with van der Waals surface area (Å²) < 4.78 is 30.2. The summed E-state index contributed by atoms with van der Waals surface area (Å²) in [7, 11) is -1.24. The van der Waals surface area contributed by atoms with E-state index in [1.165, 1.54) is 12.4 Å². The largest absolute Gasteiger partial charge is 0.444 e. The fraction of sp³-hybridized carbons (Fsp3) is 0.529. The highest BCUT2D eigenvalue weighted by atomic mass is 28.3. The molecule has 0 radical (unpaired) electrons. The van der Waals surface area contributed by atoms with Crippen LogP contribution < -0.4 is 4.90 Å². The van der Waals surface area contributed by atoms with Crippen molar-refractivity contribution in [2.75, 3.05) is 31.1 Å². The summed E-state index contributed by atoms with van der Waals surface area (Å²) in [5, 5.41) is 8.70. The minimum absolute atomic E-state index is 0.107. The van der Waals surface area contributed by atoms with E-state index in [4.69, 9.17) is 14.5 Å². The van der Waals surface area contributed by atoms with E-state index >= 15 is 4.39 Å². The molecule has 1 atom stereocenters. The number of ether oxygens (including phenoxy) is 2. The highest BCUT2D eigenvalue weighted by Gasteiger charge is 2.48. The molecule has 0 aliphatic carbocycles. The smallest absolute Gasteiger partial charge is 0.410 e. The third-order valence-corrected chi connectivity index (χ3v) is 10.5. The number of hydrogen-bond acceptors (Lipinski definition) is 8. The van der Waals surface area contributed by atoms with Crippen molar-refractivity contribution in [2.45, 2.75) is 84.7 Å². The van der Waals surface area contributed by atoms with E-state index in [1.807, 2.05) is 31.7 Å². The van der Waals surface area contributed by atoms with Crippen LogP contribution in [0.5, 0.6) is 0 Å². The lowest BCUT2D eigenvalue weighted by molar-refractivity contribution is -0.00657. The summed E-state index contributed by atoms with van der Waals surface area (Å²) >= 11 is 0. The van der Waals surface area contributed by atoms with Crippen molar-refractivity contribution in [3.05, 3.63) is 48.8 Å².